The fraction of sp³-hybridized carbons (Fsp3) is 0.455. The van der Waals surface area contributed by atoms with Gasteiger partial charge in [-0.1, -0.05) is 0 Å². The first-order valence-electron chi connectivity index (χ1n) is 5.18. The molecule has 17 heavy (non-hydrogen) atoms. The zero-order valence-electron chi connectivity index (χ0n) is 9.87. The molecule has 0 aliphatic carbocycles. The van der Waals surface area contributed by atoms with Crippen molar-refractivity contribution >= 4 is 22.2 Å². The lowest BCUT2D eigenvalue weighted by molar-refractivity contribution is -0.120. The molecule has 0 bridgehead atoms. The summed E-state index contributed by atoms with van der Waals surface area (Å²) in [5.74, 6) is -0.267. The van der Waals surface area contributed by atoms with Crippen LogP contribution < -0.4 is 11.1 Å². The summed E-state index contributed by atoms with van der Waals surface area (Å²) in [4.78, 5) is 12.5. The Morgan fingerprint density at radius 3 is 2.88 bits per heavy atom. The van der Waals surface area contributed by atoms with E-state index in [1.54, 1.807) is 0 Å². The summed E-state index contributed by atoms with van der Waals surface area (Å²) < 4.78 is 5.01. The highest BCUT2D eigenvalue weighted by molar-refractivity contribution is 7.16. The van der Waals surface area contributed by atoms with Crippen LogP contribution in [0.25, 0.3) is 0 Å². The van der Waals surface area contributed by atoms with Crippen molar-refractivity contribution in [2.24, 2.45) is 5.73 Å². The zero-order chi connectivity index (χ0) is 12.8. The molecule has 0 radical (unpaired) electrons. The highest BCUT2D eigenvalue weighted by atomic mass is 32.1. The van der Waals surface area contributed by atoms with E-state index in [0.717, 1.165) is 10.4 Å². The van der Waals surface area contributed by atoms with E-state index in [4.69, 9.17) is 15.7 Å². The Morgan fingerprint density at radius 2 is 2.29 bits per heavy atom. The minimum Gasteiger partial charge on any atom is -0.370 e. The van der Waals surface area contributed by atoms with E-state index in [1.165, 1.54) is 11.3 Å². The Kier molecular flexibility index (Phi) is 5.10. The van der Waals surface area contributed by atoms with Gasteiger partial charge in [-0.15, -0.1) is 11.3 Å². The molecular weight excluding hydrogens is 238 g/mol. The number of carbonyl (C=O) groups is 1. The van der Waals surface area contributed by atoms with Gasteiger partial charge in [-0.3, -0.25) is 4.79 Å². The molecule has 1 aromatic rings. The SMILES string of the molecule is Cc1sc(NC(=O)COCCN)c(C#N)c1C. The Balaban J connectivity index is 2.66. The van der Waals surface area contributed by atoms with Crippen molar-refractivity contribution in [1.29, 1.82) is 5.26 Å². The summed E-state index contributed by atoms with van der Waals surface area (Å²) >= 11 is 1.40. The number of nitrogens with one attached hydrogen (secondary N) is 1. The van der Waals surface area contributed by atoms with Gasteiger partial charge in [0.1, 0.15) is 17.7 Å². The number of thiophene rings is 1. The van der Waals surface area contributed by atoms with E-state index in [-0.39, 0.29) is 12.5 Å². The molecule has 3 N–H and O–H groups in total. The first-order valence-corrected chi connectivity index (χ1v) is 5.99. The first kappa shape index (κ1) is 13.6. The van der Waals surface area contributed by atoms with Crippen LogP contribution in [0.2, 0.25) is 0 Å². The summed E-state index contributed by atoms with van der Waals surface area (Å²) in [5.41, 5.74) is 6.68. The fourth-order valence-corrected chi connectivity index (χ4v) is 2.29. The van der Waals surface area contributed by atoms with Crippen LogP contribution in [0.1, 0.15) is 16.0 Å². The predicted octanol–water partition coefficient (Wildman–Crippen LogP) is 1.15. The van der Waals surface area contributed by atoms with E-state index in [2.05, 4.69) is 11.4 Å². The predicted molar refractivity (Wildman–Crippen MR) is 67.0 cm³/mol. The van der Waals surface area contributed by atoms with Crippen molar-refractivity contribution in [2.75, 3.05) is 25.1 Å². The highest BCUT2D eigenvalue weighted by Crippen LogP contribution is 2.31. The van der Waals surface area contributed by atoms with Gasteiger partial charge >= 0.3 is 0 Å². The molecule has 1 heterocycles. The normalized spacial score (nSPS) is 10.0. The van der Waals surface area contributed by atoms with Crippen molar-refractivity contribution in [3.63, 3.8) is 0 Å². The number of anilines is 1. The number of nitrogens with zero attached hydrogens (tertiary/aromatic N) is 1. The number of nitriles is 1. The molecule has 1 aromatic heterocycles. The van der Waals surface area contributed by atoms with Crippen molar-refractivity contribution in [3.8, 4) is 6.07 Å². The number of rotatable bonds is 5. The van der Waals surface area contributed by atoms with Crippen LogP contribution in [0.3, 0.4) is 0 Å². The number of amides is 1. The monoisotopic (exact) mass is 253 g/mol. The summed E-state index contributed by atoms with van der Waals surface area (Å²) in [6.07, 6.45) is 0. The molecule has 0 unspecified atom stereocenters. The molecule has 92 valence electrons. The number of ether oxygens (including phenoxy) is 1. The number of carbonyl (C=O) groups excluding carboxylic acids is 1. The molecule has 1 rings (SSSR count). The summed E-state index contributed by atoms with van der Waals surface area (Å²) in [7, 11) is 0. The van der Waals surface area contributed by atoms with Crippen LogP contribution in [0.4, 0.5) is 5.00 Å². The maximum Gasteiger partial charge on any atom is 0.251 e. The van der Waals surface area contributed by atoms with E-state index in [0.29, 0.717) is 23.7 Å². The third-order valence-electron chi connectivity index (χ3n) is 2.25. The molecule has 0 spiro atoms. The van der Waals surface area contributed by atoms with Gasteiger partial charge < -0.3 is 15.8 Å². The smallest absolute Gasteiger partial charge is 0.251 e. The number of hydrogen-bond donors (Lipinski definition) is 2. The molecule has 6 heteroatoms. The molecule has 0 aliphatic heterocycles. The van der Waals surface area contributed by atoms with Crippen LogP contribution in [-0.2, 0) is 9.53 Å². The first-order chi connectivity index (χ1) is 8.10. The summed E-state index contributed by atoms with van der Waals surface area (Å²) in [6, 6.07) is 2.09. The Hall–Kier alpha value is -1.42. The Bertz CT molecular complexity index is 448. The molecule has 0 aliphatic rings. The third-order valence-corrected chi connectivity index (χ3v) is 3.37. The maximum absolute atomic E-state index is 11.5. The lowest BCUT2D eigenvalue weighted by atomic mass is 10.2. The average Bonchev–Trinajstić information content (AvgIpc) is 2.54. The summed E-state index contributed by atoms with van der Waals surface area (Å²) in [5, 5.41) is 12.3. The molecule has 0 fully saturated rings. The number of aryl methyl sites for hydroxylation is 1. The Morgan fingerprint density at radius 1 is 1.59 bits per heavy atom. The van der Waals surface area contributed by atoms with E-state index in [9.17, 15) is 4.79 Å². The van der Waals surface area contributed by atoms with Gasteiger partial charge in [-0.2, -0.15) is 5.26 Å². The minimum absolute atomic E-state index is 0.0436. The molecule has 1 amide bonds. The van der Waals surface area contributed by atoms with E-state index < -0.39 is 0 Å². The van der Waals surface area contributed by atoms with Crippen molar-refractivity contribution in [3.05, 3.63) is 16.0 Å². The van der Waals surface area contributed by atoms with Gasteiger partial charge in [0.25, 0.3) is 5.91 Å². The quantitative estimate of drug-likeness (QED) is 0.770. The van der Waals surface area contributed by atoms with Crippen molar-refractivity contribution < 1.29 is 9.53 Å². The van der Waals surface area contributed by atoms with Gasteiger partial charge in [-0.25, -0.2) is 0 Å². The van der Waals surface area contributed by atoms with Gasteiger partial charge in [0.15, 0.2) is 0 Å². The van der Waals surface area contributed by atoms with Crippen LogP contribution in [-0.4, -0.2) is 25.7 Å². The van der Waals surface area contributed by atoms with Gasteiger partial charge in [0, 0.05) is 11.4 Å². The fourth-order valence-electron chi connectivity index (χ4n) is 1.26. The second kappa shape index (κ2) is 6.35. The van der Waals surface area contributed by atoms with E-state index in [1.807, 2.05) is 13.8 Å². The zero-order valence-corrected chi connectivity index (χ0v) is 10.7. The van der Waals surface area contributed by atoms with Crippen LogP contribution in [0, 0.1) is 25.2 Å². The molecule has 5 nitrogen and oxygen atoms in total. The second-order valence-corrected chi connectivity index (χ2v) is 4.71. The molecular formula is C11H15N3O2S. The van der Waals surface area contributed by atoms with E-state index >= 15 is 0 Å². The van der Waals surface area contributed by atoms with Crippen LogP contribution in [0.5, 0.6) is 0 Å². The van der Waals surface area contributed by atoms with Gasteiger partial charge in [-0.05, 0) is 19.4 Å². The minimum atomic E-state index is -0.267. The Labute approximate surface area is 104 Å². The van der Waals surface area contributed by atoms with Crippen LogP contribution in [0.15, 0.2) is 0 Å². The summed E-state index contributed by atoms with van der Waals surface area (Å²) in [6.45, 7) is 4.47. The second-order valence-electron chi connectivity index (χ2n) is 3.49. The van der Waals surface area contributed by atoms with Gasteiger partial charge in [0.2, 0.25) is 0 Å². The standard InChI is InChI=1S/C11H15N3O2S/c1-7-8(2)17-11(9(7)5-13)14-10(15)6-16-4-3-12/h3-4,6,12H2,1-2H3,(H,14,15). The topological polar surface area (TPSA) is 88.1 Å². The van der Waals surface area contributed by atoms with Crippen molar-refractivity contribution in [1.82, 2.24) is 0 Å². The number of hydrogen-bond acceptors (Lipinski definition) is 5. The molecule has 0 aromatic carbocycles. The molecule has 0 atom stereocenters. The largest absolute Gasteiger partial charge is 0.370 e. The molecule has 0 saturated carbocycles. The van der Waals surface area contributed by atoms with Crippen molar-refractivity contribution in [2.45, 2.75) is 13.8 Å². The highest BCUT2D eigenvalue weighted by Gasteiger charge is 2.14. The average molecular weight is 253 g/mol. The number of nitrogens with two attached hydrogens (primary N) is 1. The van der Waals surface area contributed by atoms with Gasteiger partial charge in [0.05, 0.1) is 12.2 Å². The third kappa shape index (κ3) is 3.53. The molecule has 0 saturated heterocycles. The van der Waals surface area contributed by atoms with Crippen LogP contribution >= 0.6 is 11.3 Å². The lowest BCUT2D eigenvalue weighted by Crippen LogP contribution is -2.20. The lowest BCUT2D eigenvalue weighted by Gasteiger charge is -2.03. The maximum atomic E-state index is 11.5.